The Morgan fingerprint density at radius 1 is 0.667 bits per heavy atom. The summed E-state index contributed by atoms with van der Waals surface area (Å²) in [6.45, 7) is 4.59. The SMILES string of the molecule is CS(=O)(=O)N1CCN(c2ccc(N)cc2)CC1.CS(=O)(=O)N1CCN(c2ccc([N+](=O)[O-])cc2)CC1. The Morgan fingerprint density at radius 3 is 1.31 bits per heavy atom. The largest absolute Gasteiger partial charge is 0.399 e. The van der Waals surface area contributed by atoms with Gasteiger partial charge < -0.3 is 15.5 Å². The van der Waals surface area contributed by atoms with Gasteiger partial charge in [0, 0.05) is 81.6 Å². The van der Waals surface area contributed by atoms with Gasteiger partial charge in [-0.2, -0.15) is 8.61 Å². The smallest absolute Gasteiger partial charge is 0.269 e. The van der Waals surface area contributed by atoms with Gasteiger partial charge in [0.1, 0.15) is 0 Å². The second kappa shape index (κ2) is 11.4. The third-order valence-electron chi connectivity index (χ3n) is 6.10. The van der Waals surface area contributed by atoms with E-state index in [2.05, 4.69) is 4.90 Å². The van der Waals surface area contributed by atoms with Crippen LogP contribution in [0, 0.1) is 10.1 Å². The number of anilines is 3. The lowest BCUT2D eigenvalue weighted by atomic mass is 10.2. The first-order chi connectivity index (χ1) is 16.8. The van der Waals surface area contributed by atoms with Crippen molar-refractivity contribution in [2.75, 3.05) is 80.4 Å². The van der Waals surface area contributed by atoms with Gasteiger partial charge in [0.2, 0.25) is 20.0 Å². The zero-order valence-corrected chi connectivity index (χ0v) is 22.0. The fraction of sp³-hybridized carbons (Fsp3) is 0.455. The Bertz CT molecular complexity index is 1240. The summed E-state index contributed by atoms with van der Waals surface area (Å²) in [5.41, 5.74) is 8.39. The first-order valence-electron chi connectivity index (χ1n) is 11.3. The van der Waals surface area contributed by atoms with Crippen molar-refractivity contribution in [3.8, 4) is 0 Å². The van der Waals surface area contributed by atoms with Crippen LogP contribution in [0.1, 0.15) is 0 Å². The van der Waals surface area contributed by atoms with Crippen molar-refractivity contribution in [2.45, 2.75) is 0 Å². The van der Waals surface area contributed by atoms with E-state index in [0.717, 1.165) is 30.2 Å². The van der Waals surface area contributed by atoms with Crippen LogP contribution >= 0.6 is 0 Å². The van der Waals surface area contributed by atoms with E-state index in [1.165, 1.54) is 33.3 Å². The van der Waals surface area contributed by atoms with Crippen LogP contribution in [0.15, 0.2) is 48.5 Å². The van der Waals surface area contributed by atoms with Crippen LogP contribution in [0.2, 0.25) is 0 Å². The molecule has 198 valence electrons. The summed E-state index contributed by atoms with van der Waals surface area (Å²) in [5.74, 6) is 0. The molecule has 0 aromatic heterocycles. The van der Waals surface area contributed by atoms with Crippen LogP contribution in [0.3, 0.4) is 0 Å². The number of benzene rings is 2. The lowest BCUT2D eigenvalue weighted by Gasteiger charge is -2.34. The minimum Gasteiger partial charge on any atom is -0.399 e. The molecule has 0 spiro atoms. The summed E-state index contributed by atoms with van der Waals surface area (Å²) in [5, 5.41) is 10.6. The Labute approximate surface area is 212 Å². The number of piperazine rings is 2. The standard InChI is InChI=1S/C11H15N3O4S.C11H17N3O2S/c1-19(17,18)13-8-6-12(7-9-13)10-2-4-11(5-3-10)14(15)16;1-17(15,16)14-8-6-13(7-9-14)11-4-2-10(12)3-5-11/h2-5H,6-9H2,1H3;2-5H,6-9,12H2,1H3. The zero-order valence-electron chi connectivity index (χ0n) is 20.4. The molecule has 2 saturated heterocycles. The number of nitrogens with zero attached hydrogens (tertiary/aromatic N) is 5. The van der Waals surface area contributed by atoms with E-state index in [9.17, 15) is 26.9 Å². The van der Waals surface area contributed by atoms with Crippen molar-refractivity contribution in [1.82, 2.24) is 8.61 Å². The Kier molecular flexibility index (Phi) is 8.76. The number of nitro benzene ring substituents is 1. The quantitative estimate of drug-likeness (QED) is 0.333. The van der Waals surface area contributed by atoms with Crippen molar-refractivity contribution in [3.05, 3.63) is 58.6 Å². The Hall–Kier alpha value is -2.94. The minimum atomic E-state index is -3.13. The highest BCUT2D eigenvalue weighted by Crippen LogP contribution is 2.21. The van der Waals surface area contributed by atoms with Gasteiger partial charge in [0.05, 0.1) is 17.4 Å². The third kappa shape index (κ3) is 7.53. The fourth-order valence-electron chi connectivity index (χ4n) is 4.03. The summed E-state index contributed by atoms with van der Waals surface area (Å²) in [6, 6.07) is 13.9. The summed E-state index contributed by atoms with van der Waals surface area (Å²) >= 11 is 0. The van der Waals surface area contributed by atoms with Gasteiger partial charge >= 0.3 is 0 Å². The Balaban J connectivity index is 0.000000202. The average Bonchev–Trinajstić information content (AvgIpc) is 2.84. The number of nitrogen functional groups attached to an aromatic ring is 1. The molecule has 2 fully saturated rings. The molecule has 2 aromatic carbocycles. The molecule has 0 amide bonds. The van der Waals surface area contributed by atoms with E-state index < -0.39 is 25.0 Å². The van der Waals surface area contributed by atoms with Gasteiger partial charge in [-0.25, -0.2) is 16.8 Å². The molecule has 4 rings (SSSR count). The van der Waals surface area contributed by atoms with Crippen LogP contribution in [0.5, 0.6) is 0 Å². The molecule has 2 heterocycles. The number of nitrogens with two attached hydrogens (primary N) is 1. The zero-order chi connectivity index (χ0) is 26.5. The van der Waals surface area contributed by atoms with E-state index in [0.29, 0.717) is 39.3 Å². The van der Waals surface area contributed by atoms with E-state index in [4.69, 9.17) is 5.73 Å². The number of nitro groups is 1. The van der Waals surface area contributed by atoms with Crippen LogP contribution in [-0.4, -0.2) is 95.2 Å². The van der Waals surface area contributed by atoms with Gasteiger partial charge in [-0.3, -0.25) is 10.1 Å². The van der Waals surface area contributed by atoms with Crippen LogP contribution in [0.25, 0.3) is 0 Å². The molecule has 0 unspecified atom stereocenters. The van der Waals surface area contributed by atoms with E-state index in [1.807, 2.05) is 29.2 Å². The summed E-state index contributed by atoms with van der Waals surface area (Å²) in [6.07, 6.45) is 2.46. The first-order valence-corrected chi connectivity index (χ1v) is 15.0. The second-order valence-electron chi connectivity index (χ2n) is 8.66. The number of non-ortho nitro benzene ring substituents is 1. The molecule has 2 N–H and O–H groups in total. The molecule has 2 aliphatic rings. The maximum Gasteiger partial charge on any atom is 0.269 e. The van der Waals surface area contributed by atoms with Crippen molar-refractivity contribution < 1.29 is 21.8 Å². The first kappa shape index (κ1) is 27.6. The molecule has 36 heavy (non-hydrogen) atoms. The normalized spacial score (nSPS) is 17.8. The van der Waals surface area contributed by atoms with Gasteiger partial charge in [0.25, 0.3) is 5.69 Å². The third-order valence-corrected chi connectivity index (χ3v) is 8.71. The monoisotopic (exact) mass is 540 g/mol. The molecular formula is C22H32N6O6S2. The van der Waals surface area contributed by atoms with Gasteiger partial charge in [-0.1, -0.05) is 0 Å². The summed E-state index contributed by atoms with van der Waals surface area (Å²) < 4.78 is 48.4. The molecule has 2 aromatic rings. The van der Waals surface area contributed by atoms with Crippen molar-refractivity contribution in [3.63, 3.8) is 0 Å². The number of hydrogen-bond donors (Lipinski definition) is 1. The maximum absolute atomic E-state index is 11.4. The summed E-state index contributed by atoms with van der Waals surface area (Å²) in [7, 11) is -6.18. The van der Waals surface area contributed by atoms with Gasteiger partial charge in [-0.15, -0.1) is 0 Å². The predicted octanol–water partition coefficient (Wildman–Crippen LogP) is 1.03. The summed E-state index contributed by atoms with van der Waals surface area (Å²) in [4.78, 5) is 14.3. The van der Waals surface area contributed by atoms with Crippen LogP contribution < -0.4 is 15.5 Å². The van der Waals surface area contributed by atoms with Crippen LogP contribution in [0.4, 0.5) is 22.7 Å². The molecular weight excluding hydrogens is 508 g/mol. The number of hydrogen-bond acceptors (Lipinski definition) is 9. The van der Waals surface area contributed by atoms with Crippen molar-refractivity contribution >= 4 is 42.8 Å². The molecule has 0 atom stereocenters. The molecule has 0 radical (unpaired) electrons. The average molecular weight is 541 g/mol. The highest BCUT2D eigenvalue weighted by Gasteiger charge is 2.24. The topological polar surface area (TPSA) is 150 Å². The highest BCUT2D eigenvalue weighted by atomic mass is 32.2. The molecule has 2 aliphatic heterocycles. The molecule has 0 saturated carbocycles. The predicted molar refractivity (Wildman–Crippen MR) is 141 cm³/mol. The Morgan fingerprint density at radius 2 is 1.00 bits per heavy atom. The van der Waals surface area contributed by atoms with E-state index in [-0.39, 0.29) is 5.69 Å². The lowest BCUT2D eigenvalue weighted by Crippen LogP contribution is -2.48. The minimum absolute atomic E-state index is 0.0542. The van der Waals surface area contributed by atoms with Crippen molar-refractivity contribution in [1.29, 1.82) is 0 Å². The van der Waals surface area contributed by atoms with Gasteiger partial charge in [0.15, 0.2) is 0 Å². The molecule has 0 aliphatic carbocycles. The lowest BCUT2D eigenvalue weighted by molar-refractivity contribution is -0.384. The number of rotatable bonds is 5. The van der Waals surface area contributed by atoms with Crippen LogP contribution in [-0.2, 0) is 20.0 Å². The molecule has 0 bridgehead atoms. The highest BCUT2D eigenvalue weighted by molar-refractivity contribution is 7.88. The molecule has 14 heteroatoms. The van der Waals surface area contributed by atoms with Gasteiger partial charge in [-0.05, 0) is 36.4 Å². The second-order valence-corrected chi connectivity index (χ2v) is 12.6. The number of sulfonamides is 2. The molecule has 12 nitrogen and oxygen atoms in total. The van der Waals surface area contributed by atoms with Crippen molar-refractivity contribution in [2.24, 2.45) is 0 Å². The van der Waals surface area contributed by atoms with E-state index in [1.54, 1.807) is 12.1 Å². The fourth-order valence-corrected chi connectivity index (χ4v) is 5.68. The van der Waals surface area contributed by atoms with E-state index >= 15 is 0 Å². The maximum atomic E-state index is 11.4.